The van der Waals surface area contributed by atoms with Crippen LogP contribution in [-0.2, 0) is 7.05 Å². The maximum atomic E-state index is 2.33. The summed E-state index contributed by atoms with van der Waals surface area (Å²) in [6, 6.07) is 45.3. The first-order valence-electron chi connectivity index (χ1n) is 11.3. The van der Waals surface area contributed by atoms with Crippen LogP contribution in [-0.4, -0.2) is 4.57 Å². The predicted molar refractivity (Wildman–Crippen MR) is 141 cm³/mol. The van der Waals surface area contributed by atoms with Gasteiger partial charge >= 0.3 is 0 Å². The van der Waals surface area contributed by atoms with Crippen LogP contribution in [0.15, 0.2) is 127 Å². The third-order valence-corrected chi connectivity index (χ3v) is 6.40. The third kappa shape index (κ3) is 3.37. The molecule has 0 bridgehead atoms. The highest BCUT2D eigenvalue weighted by molar-refractivity contribution is 6.09. The number of rotatable bonds is 4. The van der Waals surface area contributed by atoms with E-state index >= 15 is 0 Å². The van der Waals surface area contributed by atoms with Crippen LogP contribution in [0.4, 0.5) is 17.1 Å². The van der Waals surface area contributed by atoms with Crippen LogP contribution in [0.3, 0.4) is 0 Å². The Morgan fingerprint density at radius 3 is 1.76 bits per heavy atom. The first kappa shape index (κ1) is 19.4. The van der Waals surface area contributed by atoms with Gasteiger partial charge in [0.05, 0.1) is 5.52 Å². The van der Waals surface area contributed by atoms with Gasteiger partial charge in [0.25, 0.3) is 0 Å². The normalized spacial score (nSPS) is 11.2. The monoisotopic (exact) mass is 424 g/mol. The van der Waals surface area contributed by atoms with Crippen LogP contribution < -0.4 is 4.90 Å². The zero-order valence-corrected chi connectivity index (χ0v) is 18.5. The Kier molecular flexibility index (Phi) is 4.70. The van der Waals surface area contributed by atoms with E-state index in [2.05, 4.69) is 144 Å². The van der Waals surface area contributed by atoms with Gasteiger partial charge in [-0.1, -0.05) is 84.9 Å². The van der Waals surface area contributed by atoms with Gasteiger partial charge < -0.3 is 9.47 Å². The number of aryl methyl sites for hydroxylation is 1. The summed E-state index contributed by atoms with van der Waals surface area (Å²) in [6.45, 7) is 0. The van der Waals surface area contributed by atoms with E-state index in [1.807, 2.05) is 0 Å². The van der Waals surface area contributed by atoms with Crippen molar-refractivity contribution in [3.8, 4) is 11.1 Å². The van der Waals surface area contributed by atoms with E-state index in [0.29, 0.717) is 0 Å². The van der Waals surface area contributed by atoms with E-state index < -0.39 is 0 Å². The van der Waals surface area contributed by atoms with Gasteiger partial charge in [-0.2, -0.15) is 0 Å². The lowest BCUT2D eigenvalue weighted by atomic mass is 10.0. The zero-order chi connectivity index (χ0) is 22.2. The topological polar surface area (TPSA) is 8.17 Å². The van der Waals surface area contributed by atoms with Crippen LogP contribution >= 0.6 is 0 Å². The number of benzene rings is 5. The number of hydrogen-bond acceptors (Lipinski definition) is 1. The van der Waals surface area contributed by atoms with Crippen LogP contribution in [0, 0.1) is 0 Å². The molecule has 0 saturated carbocycles. The minimum atomic E-state index is 1.14. The lowest BCUT2D eigenvalue weighted by Gasteiger charge is -2.26. The summed E-state index contributed by atoms with van der Waals surface area (Å²) < 4.78 is 2.29. The molecule has 0 atom stereocenters. The van der Waals surface area contributed by atoms with Gasteiger partial charge in [0.15, 0.2) is 0 Å². The van der Waals surface area contributed by atoms with E-state index in [1.54, 1.807) is 0 Å². The first-order valence-corrected chi connectivity index (χ1v) is 11.3. The number of anilines is 3. The van der Waals surface area contributed by atoms with Crippen molar-refractivity contribution < 1.29 is 0 Å². The molecular weight excluding hydrogens is 400 g/mol. The fourth-order valence-electron chi connectivity index (χ4n) is 4.75. The molecule has 5 aromatic carbocycles. The fourth-order valence-corrected chi connectivity index (χ4v) is 4.75. The molecule has 0 N–H and O–H groups in total. The Morgan fingerprint density at radius 2 is 1.00 bits per heavy atom. The van der Waals surface area contributed by atoms with E-state index in [4.69, 9.17) is 0 Å². The Balaban J connectivity index is 1.50. The van der Waals surface area contributed by atoms with Gasteiger partial charge in [0, 0.05) is 40.4 Å². The zero-order valence-electron chi connectivity index (χ0n) is 18.5. The molecule has 0 spiro atoms. The molecule has 0 unspecified atom stereocenters. The van der Waals surface area contributed by atoms with Crippen molar-refractivity contribution in [2.24, 2.45) is 7.05 Å². The van der Waals surface area contributed by atoms with Crippen LogP contribution in [0.25, 0.3) is 32.9 Å². The van der Waals surface area contributed by atoms with Gasteiger partial charge in [0.2, 0.25) is 0 Å². The van der Waals surface area contributed by atoms with E-state index in [9.17, 15) is 0 Å². The van der Waals surface area contributed by atoms with Crippen molar-refractivity contribution in [3.63, 3.8) is 0 Å². The van der Waals surface area contributed by atoms with Crippen LogP contribution in [0.1, 0.15) is 0 Å². The average Bonchev–Trinajstić information content (AvgIpc) is 3.17. The fraction of sp³-hybridized carbons (Fsp3) is 0.0323. The van der Waals surface area contributed by atoms with Crippen molar-refractivity contribution in [3.05, 3.63) is 127 Å². The second-order valence-electron chi connectivity index (χ2n) is 8.36. The summed E-state index contributed by atoms with van der Waals surface area (Å²) in [5.41, 5.74) is 8.36. The second kappa shape index (κ2) is 7.99. The Morgan fingerprint density at radius 1 is 0.455 bits per heavy atom. The number of para-hydroxylation sites is 2. The van der Waals surface area contributed by atoms with Crippen molar-refractivity contribution in [2.75, 3.05) is 4.90 Å². The molecule has 2 nitrogen and oxygen atoms in total. The Labute approximate surface area is 194 Å². The predicted octanol–water partition coefficient (Wildman–Crippen LogP) is 8.47. The van der Waals surface area contributed by atoms with Crippen molar-refractivity contribution in [1.29, 1.82) is 0 Å². The number of aromatic nitrogens is 1. The third-order valence-electron chi connectivity index (χ3n) is 6.40. The molecular formula is C31H24N2. The number of hydrogen-bond donors (Lipinski definition) is 0. The van der Waals surface area contributed by atoms with Crippen molar-refractivity contribution in [1.82, 2.24) is 4.57 Å². The van der Waals surface area contributed by atoms with Crippen LogP contribution in [0.2, 0.25) is 0 Å². The summed E-state index contributed by atoms with van der Waals surface area (Å²) in [5, 5.41) is 2.57. The minimum absolute atomic E-state index is 1.14. The molecule has 0 aliphatic heterocycles. The summed E-state index contributed by atoms with van der Waals surface area (Å²) in [6.07, 6.45) is 0. The maximum Gasteiger partial charge on any atom is 0.0509 e. The molecule has 1 heterocycles. The lowest BCUT2D eigenvalue weighted by molar-refractivity contribution is 1.01. The quantitative estimate of drug-likeness (QED) is 0.275. The van der Waals surface area contributed by atoms with E-state index in [0.717, 1.165) is 17.1 Å². The van der Waals surface area contributed by atoms with Gasteiger partial charge in [-0.15, -0.1) is 0 Å². The molecule has 33 heavy (non-hydrogen) atoms. The largest absolute Gasteiger partial charge is 0.344 e. The summed E-state index contributed by atoms with van der Waals surface area (Å²) >= 11 is 0. The molecule has 1 aromatic heterocycles. The molecule has 0 saturated heterocycles. The SMILES string of the molecule is Cn1c2ccccc2c2ccc(N(c3ccccc3)c3ccc(-c4ccccc4)cc3)cc21. The highest BCUT2D eigenvalue weighted by atomic mass is 15.1. The standard InChI is InChI=1S/C31H24N2/c1-32-30-15-9-8-14-28(30)29-21-20-27(22-31(29)32)33(25-12-6-3-7-13-25)26-18-16-24(17-19-26)23-10-4-2-5-11-23/h2-22H,1H3. The molecule has 0 aliphatic rings. The van der Waals surface area contributed by atoms with E-state index in [-0.39, 0.29) is 0 Å². The van der Waals surface area contributed by atoms with Crippen molar-refractivity contribution >= 4 is 38.9 Å². The summed E-state index contributed by atoms with van der Waals surface area (Å²) in [5.74, 6) is 0. The molecule has 0 radical (unpaired) electrons. The van der Waals surface area contributed by atoms with Crippen LogP contribution in [0.5, 0.6) is 0 Å². The Bertz CT molecular complexity index is 1550. The molecule has 2 heteroatoms. The summed E-state index contributed by atoms with van der Waals surface area (Å²) in [7, 11) is 2.15. The summed E-state index contributed by atoms with van der Waals surface area (Å²) in [4.78, 5) is 2.33. The Hall–Kier alpha value is -4.30. The van der Waals surface area contributed by atoms with Gasteiger partial charge in [0.1, 0.15) is 0 Å². The molecule has 0 amide bonds. The van der Waals surface area contributed by atoms with Gasteiger partial charge in [-0.3, -0.25) is 0 Å². The minimum Gasteiger partial charge on any atom is -0.344 e. The van der Waals surface area contributed by atoms with Gasteiger partial charge in [-0.25, -0.2) is 0 Å². The molecule has 6 aromatic rings. The molecule has 0 fully saturated rings. The van der Waals surface area contributed by atoms with E-state index in [1.165, 1.54) is 32.9 Å². The highest BCUT2D eigenvalue weighted by Gasteiger charge is 2.15. The highest BCUT2D eigenvalue weighted by Crippen LogP contribution is 2.38. The number of nitrogens with zero attached hydrogens (tertiary/aromatic N) is 2. The lowest BCUT2D eigenvalue weighted by Crippen LogP contribution is -2.09. The van der Waals surface area contributed by atoms with Crippen molar-refractivity contribution in [2.45, 2.75) is 0 Å². The average molecular weight is 425 g/mol. The second-order valence-corrected chi connectivity index (χ2v) is 8.36. The molecule has 0 aliphatic carbocycles. The smallest absolute Gasteiger partial charge is 0.0509 e. The number of fused-ring (bicyclic) bond motifs is 3. The maximum absolute atomic E-state index is 2.33. The molecule has 6 rings (SSSR count). The first-order chi connectivity index (χ1) is 16.3. The van der Waals surface area contributed by atoms with Gasteiger partial charge in [-0.05, 0) is 53.6 Å². The molecule has 158 valence electrons.